The molecule has 2 saturated heterocycles. The number of hydrogen-bond donors (Lipinski definition) is 1. The topological polar surface area (TPSA) is 108 Å². The Kier molecular flexibility index (Phi) is 22.7. The van der Waals surface area contributed by atoms with E-state index in [4.69, 9.17) is 23.8 Å². The van der Waals surface area contributed by atoms with Gasteiger partial charge in [-0.05, 0) is 25.7 Å². The molecule has 4 atom stereocenters. The summed E-state index contributed by atoms with van der Waals surface area (Å²) in [7, 11) is 0. The molecule has 2 heterocycles. The Balaban J connectivity index is -0.000000447. The molecule has 0 aromatic carbocycles. The van der Waals surface area contributed by atoms with Crippen LogP contribution in [0.3, 0.4) is 0 Å². The van der Waals surface area contributed by atoms with Gasteiger partial charge >= 0.3 is 64.9 Å². The van der Waals surface area contributed by atoms with Gasteiger partial charge in [-0.15, -0.1) is 12.8 Å². The first-order chi connectivity index (χ1) is 14.6. The van der Waals surface area contributed by atoms with Crippen LogP contribution in [0.4, 0.5) is 0 Å². The third-order valence-corrected chi connectivity index (χ3v) is 4.81. The summed E-state index contributed by atoms with van der Waals surface area (Å²) in [5.41, 5.74) is 5.20. The number of nitrogens with zero attached hydrogens (tertiary/aromatic N) is 3. The van der Waals surface area contributed by atoms with Gasteiger partial charge in [-0.1, -0.05) is 33.1 Å². The molecule has 11 heteroatoms. The van der Waals surface area contributed by atoms with Gasteiger partial charge in [0.2, 0.25) is 17.7 Å². The van der Waals surface area contributed by atoms with Gasteiger partial charge in [0.05, 0.1) is 18.2 Å². The third kappa shape index (κ3) is 12.4. The molecule has 2 N–H and O–H groups in total. The van der Waals surface area contributed by atoms with E-state index in [1.54, 1.807) is 18.7 Å². The number of amides is 3. The van der Waals surface area contributed by atoms with Crippen molar-refractivity contribution < 1.29 is 19.3 Å². The summed E-state index contributed by atoms with van der Waals surface area (Å²) in [6.07, 6.45) is 14.0. The molecule has 0 aliphatic carbocycles. The first-order valence-corrected chi connectivity index (χ1v) is 23.1. The van der Waals surface area contributed by atoms with Gasteiger partial charge < -0.3 is 23.0 Å². The van der Waals surface area contributed by atoms with Crippen LogP contribution in [0.25, 0.3) is 0 Å². The number of rotatable bonds is 3. The van der Waals surface area contributed by atoms with E-state index >= 15 is 0 Å². The summed E-state index contributed by atoms with van der Waals surface area (Å²) in [5, 5.41) is 8.78. The average Bonchev–Trinajstić information content (AvgIpc) is 3.36. The number of likely N-dealkylation sites (tertiary alicyclic amines) is 2. The maximum atomic E-state index is 11.5. The van der Waals surface area contributed by atoms with Crippen LogP contribution < -0.4 is 5.73 Å². The van der Waals surface area contributed by atoms with Crippen LogP contribution in [0.1, 0.15) is 59.8 Å². The second-order valence-electron chi connectivity index (χ2n) is 6.58. The predicted octanol–water partition coefficient (Wildman–Crippen LogP) is 4.53. The van der Waals surface area contributed by atoms with Gasteiger partial charge in [0.15, 0.2) is 0 Å². The summed E-state index contributed by atoms with van der Waals surface area (Å²) >= 11 is 7.39. The fourth-order valence-electron chi connectivity index (χ4n) is 3.42. The van der Waals surface area contributed by atoms with Crippen LogP contribution in [-0.4, -0.2) is 51.7 Å². The van der Waals surface area contributed by atoms with E-state index in [2.05, 4.69) is 77.8 Å². The van der Waals surface area contributed by atoms with Crippen LogP contribution in [0.15, 0.2) is 0 Å². The second-order valence-corrected chi connectivity index (χ2v) is 42.0. The minimum absolute atomic E-state index is 0. The first kappa shape index (κ1) is 37.3. The van der Waals surface area contributed by atoms with Crippen LogP contribution in [0.2, 0.25) is 0 Å². The molecule has 2 fully saturated rings. The van der Waals surface area contributed by atoms with Crippen LogP contribution in [0.5, 0.6) is 0 Å². The summed E-state index contributed by atoms with van der Waals surface area (Å²) < 4.78 is 0. The molecule has 186 valence electrons. The third-order valence-electron chi connectivity index (χ3n) is 4.81. The van der Waals surface area contributed by atoms with Crippen molar-refractivity contribution in [3.63, 3.8) is 0 Å². The van der Waals surface area contributed by atoms with Crippen molar-refractivity contribution in [2.75, 3.05) is 0 Å². The van der Waals surface area contributed by atoms with Crippen molar-refractivity contribution >= 4 is 77.7 Å². The SMILES string of the molecule is C.C#C[C@H]1CC[C@@H](C#N)N1C(=O)CC.C#C[C@H]1CC[C@@H](C(N)=O)N1C(=O)CC.[CH3-].[I][V]([I])[I]. The van der Waals surface area contributed by atoms with E-state index in [0.29, 0.717) is 32.1 Å². The van der Waals surface area contributed by atoms with Gasteiger partial charge in [0.25, 0.3) is 0 Å². The Morgan fingerprint density at radius 2 is 1.30 bits per heavy atom. The Labute approximate surface area is 237 Å². The average molecular weight is 833 g/mol. The first-order valence-electron chi connectivity index (χ1n) is 9.60. The monoisotopic (exact) mass is 833 g/mol. The van der Waals surface area contributed by atoms with Gasteiger partial charge in [0, 0.05) is 12.8 Å². The maximum absolute atomic E-state index is 11.5. The molecular formula is C22H33I3N4O3V-. The van der Waals surface area contributed by atoms with Crippen molar-refractivity contribution in [3.05, 3.63) is 7.43 Å². The van der Waals surface area contributed by atoms with Crippen molar-refractivity contribution in [2.45, 2.75) is 84.0 Å². The molecule has 0 aromatic rings. The number of nitrogens with two attached hydrogens (primary N) is 1. The summed E-state index contributed by atoms with van der Waals surface area (Å²) in [5.74, 6) is 4.47. The molecule has 0 aromatic heterocycles. The van der Waals surface area contributed by atoms with E-state index < -0.39 is 11.9 Å². The van der Waals surface area contributed by atoms with Crippen LogP contribution in [0, 0.1) is 43.4 Å². The van der Waals surface area contributed by atoms with E-state index in [1.165, 1.54) is 4.90 Å². The number of hydrogen-bond acceptors (Lipinski definition) is 4. The van der Waals surface area contributed by atoms with Gasteiger partial charge in [0.1, 0.15) is 12.1 Å². The van der Waals surface area contributed by atoms with Crippen LogP contribution in [-0.2, 0) is 19.3 Å². The number of carbonyl (C=O) groups excluding carboxylic acids is 3. The number of primary amides is 1. The zero-order valence-electron chi connectivity index (χ0n) is 18.4. The Hall–Kier alpha value is -0.206. The number of carbonyl (C=O) groups is 3. The van der Waals surface area contributed by atoms with E-state index in [-0.39, 0.29) is 49.7 Å². The molecule has 0 unspecified atom stereocenters. The molecule has 2 aliphatic heterocycles. The van der Waals surface area contributed by atoms with Crippen molar-refractivity contribution in [3.8, 4) is 30.8 Å². The second kappa shape index (κ2) is 20.0. The van der Waals surface area contributed by atoms with Gasteiger partial charge in [-0.2, -0.15) is 5.26 Å². The molecule has 0 radical (unpaired) electrons. The minimum atomic E-state index is -0.511. The van der Waals surface area contributed by atoms with Crippen molar-refractivity contribution in [1.29, 1.82) is 5.26 Å². The molecule has 0 bridgehead atoms. The number of terminal acetylenes is 2. The zero-order chi connectivity index (χ0) is 24.1. The Bertz CT molecular complexity index is 737. The van der Waals surface area contributed by atoms with Crippen molar-refractivity contribution in [2.24, 2.45) is 5.73 Å². The Morgan fingerprint density at radius 1 is 0.939 bits per heavy atom. The van der Waals surface area contributed by atoms with E-state index in [9.17, 15) is 14.4 Å². The van der Waals surface area contributed by atoms with Gasteiger partial charge in [-0.3, -0.25) is 14.4 Å². The fraction of sp³-hybridized carbons (Fsp3) is 0.591. The zero-order valence-corrected chi connectivity index (χ0v) is 26.3. The number of halogens is 3. The van der Waals surface area contributed by atoms with Crippen LogP contribution >= 0.6 is 59.9 Å². The molecular weight excluding hydrogens is 800 g/mol. The molecule has 2 rings (SSSR count). The van der Waals surface area contributed by atoms with E-state index in [1.807, 2.05) is 0 Å². The standard InChI is InChI=1S/C10H14N2O2.C10H12N2O.CH4.CH3.3HI.V/c1-3-7-5-6-8(10(11)14)12(7)9(13)4-2;1-3-8-5-6-9(7-11)12(8)10(13)4-2;;;;;;/h1,7-8H,4-6H2,2H3,(H2,11,14);1,8-9H,4-6H2,2H3;1H4;1H3;3*1H;/q;;;-1;;;;+3/p-3/t7-,8-;8-,9-;;;;;;/m00....../s1. The molecule has 3 amide bonds. The molecule has 7 nitrogen and oxygen atoms in total. The molecule has 2 aliphatic rings. The quantitative estimate of drug-likeness (QED) is 0.257. The molecule has 33 heavy (non-hydrogen) atoms. The molecule has 0 saturated carbocycles. The Morgan fingerprint density at radius 3 is 1.67 bits per heavy atom. The van der Waals surface area contributed by atoms with E-state index in [0.717, 1.165) is 6.42 Å². The predicted molar refractivity (Wildman–Crippen MR) is 156 cm³/mol. The van der Waals surface area contributed by atoms with Gasteiger partial charge in [-0.25, -0.2) is 0 Å². The fourth-order valence-corrected chi connectivity index (χ4v) is 3.42. The summed E-state index contributed by atoms with van der Waals surface area (Å²) in [6, 6.07) is 0.848. The summed E-state index contributed by atoms with van der Waals surface area (Å²) in [6.45, 7) is 3.52. The normalized spacial score (nSPS) is 22.5. The molecule has 0 spiro atoms. The number of nitriles is 1. The summed E-state index contributed by atoms with van der Waals surface area (Å²) in [4.78, 5) is 36.7. The van der Waals surface area contributed by atoms with Crippen molar-refractivity contribution in [1.82, 2.24) is 9.80 Å².